The summed E-state index contributed by atoms with van der Waals surface area (Å²) in [5, 5.41) is 7.17. The minimum absolute atomic E-state index is 0.0937. The quantitative estimate of drug-likeness (QED) is 0.518. The molecule has 0 bridgehead atoms. The summed E-state index contributed by atoms with van der Waals surface area (Å²) >= 11 is 3.47. The van der Waals surface area contributed by atoms with Gasteiger partial charge in [-0.3, -0.25) is 0 Å². The number of benzene rings is 1. The third-order valence-electron chi connectivity index (χ3n) is 2.12. The second-order valence-corrected chi connectivity index (χ2v) is 4.31. The normalized spacial score (nSPS) is 10.7. The Labute approximate surface area is 112 Å². The van der Waals surface area contributed by atoms with Gasteiger partial charge in [-0.25, -0.2) is 0 Å². The van der Waals surface area contributed by atoms with E-state index in [-0.39, 0.29) is 5.96 Å². The van der Waals surface area contributed by atoms with Crippen molar-refractivity contribution >= 4 is 28.1 Å². The zero-order valence-electron chi connectivity index (χ0n) is 9.38. The number of hydrogen-bond acceptors (Lipinski definition) is 3. The van der Waals surface area contributed by atoms with Gasteiger partial charge in [0.2, 0.25) is 5.96 Å². The number of nitrogens with two attached hydrogens (primary N) is 2. The van der Waals surface area contributed by atoms with Crippen molar-refractivity contribution in [2.24, 2.45) is 21.7 Å². The van der Waals surface area contributed by atoms with Gasteiger partial charge in [0.1, 0.15) is 11.5 Å². The molecule has 1 heterocycles. The molecule has 0 aliphatic heterocycles. The monoisotopic (exact) mass is 306 g/mol. The number of furan rings is 1. The maximum Gasteiger partial charge on any atom is 0.211 e. The lowest BCUT2D eigenvalue weighted by molar-refractivity contribution is 0.574. The third-order valence-corrected chi connectivity index (χ3v) is 2.82. The van der Waals surface area contributed by atoms with Crippen molar-refractivity contribution in [1.82, 2.24) is 0 Å². The van der Waals surface area contributed by atoms with E-state index in [9.17, 15) is 0 Å². The van der Waals surface area contributed by atoms with Gasteiger partial charge in [0.25, 0.3) is 0 Å². The zero-order valence-corrected chi connectivity index (χ0v) is 11.0. The van der Waals surface area contributed by atoms with Crippen molar-refractivity contribution in [3.63, 3.8) is 0 Å². The second kappa shape index (κ2) is 5.50. The molecule has 1 aromatic heterocycles. The average molecular weight is 307 g/mol. The molecule has 5 nitrogen and oxygen atoms in total. The first-order valence-corrected chi connectivity index (χ1v) is 5.93. The number of rotatable bonds is 3. The molecule has 0 radical (unpaired) electrons. The SMILES string of the molecule is NC(N)=N/N=C\c1ccc(-c2ccccc2Br)o1. The van der Waals surface area contributed by atoms with Gasteiger partial charge in [-0.05, 0) is 18.2 Å². The fourth-order valence-electron chi connectivity index (χ4n) is 1.38. The zero-order chi connectivity index (χ0) is 13.0. The molecule has 1 aromatic carbocycles. The fraction of sp³-hybridized carbons (Fsp3) is 0. The Bertz CT molecular complexity index is 600. The Morgan fingerprint density at radius 3 is 2.67 bits per heavy atom. The van der Waals surface area contributed by atoms with Gasteiger partial charge in [0.05, 0.1) is 6.21 Å². The van der Waals surface area contributed by atoms with Gasteiger partial charge in [0, 0.05) is 10.0 Å². The van der Waals surface area contributed by atoms with Gasteiger partial charge in [-0.1, -0.05) is 34.1 Å². The van der Waals surface area contributed by atoms with E-state index >= 15 is 0 Å². The van der Waals surface area contributed by atoms with Crippen LogP contribution < -0.4 is 11.5 Å². The maximum absolute atomic E-state index is 5.60. The fourth-order valence-corrected chi connectivity index (χ4v) is 1.86. The summed E-state index contributed by atoms with van der Waals surface area (Å²) in [5.74, 6) is 1.23. The van der Waals surface area contributed by atoms with Crippen LogP contribution in [0.4, 0.5) is 0 Å². The molecule has 0 unspecified atom stereocenters. The number of hydrogen-bond donors (Lipinski definition) is 2. The summed E-state index contributed by atoms with van der Waals surface area (Å²) in [6, 6.07) is 11.4. The summed E-state index contributed by atoms with van der Waals surface area (Å²) in [6.07, 6.45) is 1.44. The molecule has 4 N–H and O–H groups in total. The maximum atomic E-state index is 5.60. The topological polar surface area (TPSA) is 89.9 Å². The van der Waals surface area contributed by atoms with E-state index in [0.29, 0.717) is 5.76 Å². The van der Waals surface area contributed by atoms with E-state index in [1.807, 2.05) is 30.3 Å². The van der Waals surface area contributed by atoms with Gasteiger partial charge in [0.15, 0.2) is 0 Å². The number of nitrogens with zero attached hydrogens (tertiary/aromatic N) is 2. The van der Waals surface area contributed by atoms with Crippen LogP contribution in [-0.2, 0) is 0 Å². The van der Waals surface area contributed by atoms with E-state index in [1.165, 1.54) is 6.21 Å². The minimum Gasteiger partial charge on any atom is -0.455 e. The molecule has 0 saturated carbocycles. The second-order valence-electron chi connectivity index (χ2n) is 3.45. The molecule has 2 rings (SSSR count). The summed E-state index contributed by atoms with van der Waals surface area (Å²) in [7, 11) is 0. The van der Waals surface area contributed by atoms with Crippen molar-refractivity contribution < 1.29 is 4.42 Å². The van der Waals surface area contributed by atoms with Crippen LogP contribution in [0, 0.1) is 0 Å². The molecular formula is C12H11BrN4O. The van der Waals surface area contributed by atoms with E-state index in [4.69, 9.17) is 15.9 Å². The molecule has 0 spiro atoms. The molecule has 0 aliphatic rings. The van der Waals surface area contributed by atoms with Crippen LogP contribution in [0.3, 0.4) is 0 Å². The summed E-state index contributed by atoms with van der Waals surface area (Å²) < 4.78 is 6.57. The van der Waals surface area contributed by atoms with E-state index in [1.54, 1.807) is 6.07 Å². The first-order chi connectivity index (χ1) is 8.66. The van der Waals surface area contributed by atoms with Crippen LogP contribution >= 0.6 is 15.9 Å². The van der Waals surface area contributed by atoms with Crippen molar-refractivity contribution in [1.29, 1.82) is 0 Å². The van der Waals surface area contributed by atoms with Gasteiger partial charge >= 0.3 is 0 Å². The molecule has 6 heteroatoms. The number of halogens is 1. The largest absolute Gasteiger partial charge is 0.455 e. The first-order valence-electron chi connectivity index (χ1n) is 5.13. The van der Waals surface area contributed by atoms with E-state index in [0.717, 1.165) is 15.8 Å². The van der Waals surface area contributed by atoms with E-state index < -0.39 is 0 Å². The molecule has 92 valence electrons. The lowest BCUT2D eigenvalue weighted by Crippen LogP contribution is -2.21. The Morgan fingerprint density at radius 2 is 1.94 bits per heavy atom. The van der Waals surface area contributed by atoms with Crippen LogP contribution in [-0.4, -0.2) is 12.2 Å². The Balaban J connectivity index is 2.24. The van der Waals surface area contributed by atoms with Crippen molar-refractivity contribution in [2.45, 2.75) is 0 Å². The van der Waals surface area contributed by atoms with Crippen molar-refractivity contribution in [3.05, 3.63) is 46.6 Å². The Kier molecular flexibility index (Phi) is 3.78. The molecule has 18 heavy (non-hydrogen) atoms. The lowest BCUT2D eigenvalue weighted by Gasteiger charge is -1.98. The van der Waals surface area contributed by atoms with E-state index in [2.05, 4.69) is 26.1 Å². The third kappa shape index (κ3) is 2.98. The van der Waals surface area contributed by atoms with Crippen LogP contribution in [0.2, 0.25) is 0 Å². The number of guanidine groups is 1. The highest BCUT2D eigenvalue weighted by atomic mass is 79.9. The predicted molar refractivity (Wildman–Crippen MR) is 75.2 cm³/mol. The minimum atomic E-state index is -0.0937. The highest BCUT2D eigenvalue weighted by molar-refractivity contribution is 9.10. The molecule has 0 fully saturated rings. The van der Waals surface area contributed by atoms with Crippen molar-refractivity contribution in [2.75, 3.05) is 0 Å². The molecule has 2 aromatic rings. The molecule has 0 atom stereocenters. The van der Waals surface area contributed by atoms with Gasteiger partial charge in [-0.15, -0.1) is 5.10 Å². The average Bonchev–Trinajstić information content (AvgIpc) is 2.78. The van der Waals surface area contributed by atoms with Crippen LogP contribution in [0.25, 0.3) is 11.3 Å². The summed E-state index contributed by atoms with van der Waals surface area (Å²) in [6.45, 7) is 0. The van der Waals surface area contributed by atoms with Crippen LogP contribution in [0.1, 0.15) is 5.76 Å². The lowest BCUT2D eigenvalue weighted by atomic mass is 10.2. The summed E-state index contributed by atoms with van der Waals surface area (Å²) in [4.78, 5) is 0. The van der Waals surface area contributed by atoms with Crippen molar-refractivity contribution in [3.8, 4) is 11.3 Å². The summed E-state index contributed by atoms with van der Waals surface area (Å²) in [5.41, 5.74) is 11.3. The highest BCUT2D eigenvalue weighted by Crippen LogP contribution is 2.28. The Hall–Kier alpha value is -2.08. The smallest absolute Gasteiger partial charge is 0.211 e. The van der Waals surface area contributed by atoms with Crippen LogP contribution in [0.15, 0.2) is 55.5 Å². The molecular weight excluding hydrogens is 296 g/mol. The highest BCUT2D eigenvalue weighted by Gasteiger charge is 2.06. The Morgan fingerprint density at radius 1 is 1.17 bits per heavy atom. The van der Waals surface area contributed by atoms with Gasteiger partial charge in [-0.2, -0.15) is 5.10 Å². The van der Waals surface area contributed by atoms with Gasteiger partial charge < -0.3 is 15.9 Å². The first kappa shape index (κ1) is 12.4. The van der Waals surface area contributed by atoms with Crippen LogP contribution in [0.5, 0.6) is 0 Å². The predicted octanol–water partition coefficient (Wildman–Crippen LogP) is 2.32. The molecule has 0 aliphatic carbocycles. The molecule has 0 saturated heterocycles. The standard InChI is InChI=1S/C12H11BrN4O/c13-10-4-2-1-3-9(10)11-6-5-8(18-11)7-16-17-12(14)15/h1-7H,(H4,14,15,17)/b16-7-. The molecule has 0 amide bonds.